The van der Waals surface area contributed by atoms with Crippen molar-refractivity contribution in [3.05, 3.63) is 42.5 Å². The standard InChI is InChI=1S/C26H39NO7S/c1-5-24(28)34-18-17-30-13-6-14-32-21(2)33-19-20-35-23-9-7-22(8-10-23)25(29)26(3,4)27-11-15-31-16-12-27/h5,7-10,21H,1,6,11-20H2,2-4H3. The van der Waals surface area contributed by atoms with Crippen LogP contribution in [0.25, 0.3) is 0 Å². The van der Waals surface area contributed by atoms with Crippen molar-refractivity contribution in [1.82, 2.24) is 4.90 Å². The number of ether oxygens (including phenoxy) is 5. The average molecular weight is 510 g/mol. The summed E-state index contributed by atoms with van der Waals surface area (Å²) in [5.41, 5.74) is 0.181. The lowest BCUT2D eigenvalue weighted by Crippen LogP contribution is -2.54. The first-order valence-corrected chi connectivity index (χ1v) is 13.0. The van der Waals surface area contributed by atoms with Gasteiger partial charge >= 0.3 is 5.97 Å². The number of hydrogen-bond acceptors (Lipinski definition) is 9. The Bertz CT molecular complexity index is 778. The fraction of sp³-hybridized carbons (Fsp3) is 0.615. The van der Waals surface area contributed by atoms with Gasteiger partial charge in [0.05, 0.1) is 38.6 Å². The van der Waals surface area contributed by atoms with Crippen LogP contribution in [0.15, 0.2) is 41.8 Å². The average Bonchev–Trinajstić information content (AvgIpc) is 2.88. The van der Waals surface area contributed by atoms with Crippen molar-refractivity contribution in [2.75, 3.05) is 65.1 Å². The molecule has 196 valence electrons. The van der Waals surface area contributed by atoms with E-state index in [-0.39, 0.29) is 18.7 Å². The smallest absolute Gasteiger partial charge is 0.330 e. The second-order valence-corrected chi connectivity index (χ2v) is 9.68. The zero-order chi connectivity index (χ0) is 25.5. The van der Waals surface area contributed by atoms with Gasteiger partial charge in [-0.3, -0.25) is 9.69 Å². The highest BCUT2D eigenvalue weighted by Crippen LogP contribution is 2.24. The molecule has 1 unspecified atom stereocenters. The second kappa shape index (κ2) is 16.1. The van der Waals surface area contributed by atoms with E-state index in [1.807, 2.05) is 45.0 Å². The van der Waals surface area contributed by atoms with Crippen molar-refractivity contribution < 1.29 is 33.3 Å². The van der Waals surface area contributed by atoms with Crippen LogP contribution in [0, 0.1) is 0 Å². The highest BCUT2D eigenvalue weighted by atomic mass is 32.2. The number of benzene rings is 1. The second-order valence-electron chi connectivity index (χ2n) is 8.51. The van der Waals surface area contributed by atoms with Gasteiger partial charge in [0.15, 0.2) is 12.1 Å². The molecule has 1 atom stereocenters. The van der Waals surface area contributed by atoms with Gasteiger partial charge in [-0.15, -0.1) is 11.8 Å². The van der Waals surface area contributed by atoms with Crippen LogP contribution >= 0.6 is 11.8 Å². The number of Topliss-reactive ketones (excluding diaryl/α,β-unsaturated/α-hetero) is 1. The van der Waals surface area contributed by atoms with Crippen molar-refractivity contribution in [1.29, 1.82) is 0 Å². The predicted octanol–water partition coefficient (Wildman–Crippen LogP) is 3.59. The van der Waals surface area contributed by atoms with Gasteiger partial charge in [0.1, 0.15) is 6.61 Å². The van der Waals surface area contributed by atoms with Crippen molar-refractivity contribution in [2.24, 2.45) is 0 Å². The van der Waals surface area contributed by atoms with Crippen LogP contribution < -0.4 is 0 Å². The van der Waals surface area contributed by atoms with Crippen LogP contribution in [0.2, 0.25) is 0 Å². The van der Waals surface area contributed by atoms with Crippen LogP contribution in [0.1, 0.15) is 37.6 Å². The Morgan fingerprint density at radius 2 is 1.77 bits per heavy atom. The molecule has 2 rings (SSSR count). The first kappa shape index (κ1) is 29.5. The Balaban J connectivity index is 1.56. The number of carbonyl (C=O) groups is 2. The molecule has 0 N–H and O–H groups in total. The molecule has 0 aromatic heterocycles. The zero-order valence-corrected chi connectivity index (χ0v) is 22.0. The zero-order valence-electron chi connectivity index (χ0n) is 21.2. The summed E-state index contributed by atoms with van der Waals surface area (Å²) in [7, 11) is 0. The molecule has 1 aromatic rings. The SMILES string of the molecule is C=CC(=O)OCCOCCCOC(C)OCCSc1ccc(C(=O)C(C)(C)N2CCOCC2)cc1. The van der Waals surface area contributed by atoms with Crippen LogP contribution in [0.3, 0.4) is 0 Å². The summed E-state index contributed by atoms with van der Waals surface area (Å²) >= 11 is 1.68. The summed E-state index contributed by atoms with van der Waals surface area (Å²) in [6.45, 7) is 14.2. The molecular weight excluding hydrogens is 470 g/mol. The largest absolute Gasteiger partial charge is 0.460 e. The van der Waals surface area contributed by atoms with E-state index in [0.29, 0.717) is 39.6 Å². The molecule has 8 nitrogen and oxygen atoms in total. The third-order valence-corrected chi connectivity index (χ3v) is 6.58. The third kappa shape index (κ3) is 10.8. The van der Waals surface area contributed by atoms with E-state index in [4.69, 9.17) is 23.7 Å². The monoisotopic (exact) mass is 509 g/mol. The van der Waals surface area contributed by atoms with Crippen molar-refractivity contribution in [3.8, 4) is 0 Å². The topological polar surface area (TPSA) is 83.5 Å². The number of esters is 1. The summed E-state index contributed by atoms with van der Waals surface area (Å²) in [5.74, 6) is 0.468. The molecule has 1 saturated heterocycles. The minimum atomic E-state index is -0.547. The van der Waals surface area contributed by atoms with Crippen molar-refractivity contribution >= 4 is 23.5 Å². The molecule has 1 aromatic carbocycles. The highest BCUT2D eigenvalue weighted by Gasteiger charge is 2.35. The van der Waals surface area contributed by atoms with Crippen LogP contribution in [0.5, 0.6) is 0 Å². The molecule has 1 heterocycles. The molecule has 1 aliphatic rings. The molecule has 35 heavy (non-hydrogen) atoms. The Hall–Kier alpha value is -1.75. The summed E-state index contributed by atoms with van der Waals surface area (Å²) in [4.78, 5) is 27.2. The Morgan fingerprint density at radius 3 is 2.46 bits per heavy atom. The van der Waals surface area contributed by atoms with E-state index < -0.39 is 11.5 Å². The molecule has 0 saturated carbocycles. The van der Waals surface area contributed by atoms with E-state index in [9.17, 15) is 9.59 Å². The molecule has 0 amide bonds. The summed E-state index contributed by atoms with van der Waals surface area (Å²) in [5, 5.41) is 0. The maximum atomic E-state index is 13.1. The van der Waals surface area contributed by atoms with Gasteiger partial charge < -0.3 is 23.7 Å². The molecule has 1 aliphatic heterocycles. The fourth-order valence-corrected chi connectivity index (χ4v) is 4.26. The minimum Gasteiger partial charge on any atom is -0.460 e. The van der Waals surface area contributed by atoms with Gasteiger partial charge in [-0.05, 0) is 39.3 Å². The van der Waals surface area contributed by atoms with Gasteiger partial charge in [0.2, 0.25) is 0 Å². The van der Waals surface area contributed by atoms with Crippen molar-refractivity contribution in [3.63, 3.8) is 0 Å². The number of morpholine rings is 1. The number of thioether (sulfide) groups is 1. The van der Waals surface area contributed by atoms with Gasteiger partial charge in [-0.25, -0.2) is 4.79 Å². The number of nitrogens with zero attached hydrogens (tertiary/aromatic N) is 1. The number of ketones is 1. The number of hydrogen-bond donors (Lipinski definition) is 0. The highest BCUT2D eigenvalue weighted by molar-refractivity contribution is 7.99. The van der Waals surface area contributed by atoms with E-state index in [1.54, 1.807) is 11.8 Å². The van der Waals surface area contributed by atoms with Crippen LogP contribution in [-0.4, -0.2) is 93.6 Å². The van der Waals surface area contributed by atoms with Crippen LogP contribution in [-0.2, 0) is 28.5 Å². The van der Waals surface area contributed by atoms with Gasteiger partial charge in [0.25, 0.3) is 0 Å². The van der Waals surface area contributed by atoms with Gasteiger partial charge in [-0.1, -0.05) is 18.7 Å². The summed E-state index contributed by atoms with van der Waals surface area (Å²) in [6.07, 6.45) is 1.55. The molecular formula is C26H39NO7S. The van der Waals surface area contributed by atoms with E-state index in [2.05, 4.69) is 11.5 Å². The lowest BCUT2D eigenvalue weighted by molar-refractivity contribution is -0.140. The van der Waals surface area contributed by atoms with Crippen LogP contribution in [0.4, 0.5) is 0 Å². The first-order valence-electron chi connectivity index (χ1n) is 12.0. The maximum absolute atomic E-state index is 13.1. The molecule has 0 radical (unpaired) electrons. The number of carbonyl (C=O) groups excluding carboxylic acids is 2. The quantitative estimate of drug-likeness (QED) is 0.0781. The molecule has 0 spiro atoms. The minimum absolute atomic E-state index is 0.131. The van der Waals surface area contributed by atoms with E-state index >= 15 is 0 Å². The first-order chi connectivity index (χ1) is 16.8. The Labute approximate surface area is 213 Å². The Morgan fingerprint density at radius 1 is 1.09 bits per heavy atom. The van der Waals surface area contributed by atoms with E-state index in [0.717, 1.165) is 41.8 Å². The van der Waals surface area contributed by atoms with Crippen molar-refractivity contribution in [2.45, 2.75) is 43.9 Å². The Kier molecular flexibility index (Phi) is 13.5. The van der Waals surface area contributed by atoms with Gasteiger partial charge in [0, 0.05) is 42.0 Å². The fourth-order valence-electron chi connectivity index (χ4n) is 3.52. The van der Waals surface area contributed by atoms with Gasteiger partial charge in [-0.2, -0.15) is 0 Å². The molecule has 9 heteroatoms. The maximum Gasteiger partial charge on any atom is 0.330 e. The lowest BCUT2D eigenvalue weighted by atomic mass is 9.91. The molecule has 0 aliphatic carbocycles. The molecule has 1 fully saturated rings. The lowest BCUT2D eigenvalue weighted by Gasteiger charge is -2.39. The predicted molar refractivity (Wildman–Crippen MR) is 136 cm³/mol. The number of rotatable bonds is 17. The summed E-state index contributed by atoms with van der Waals surface area (Å²) in [6, 6.07) is 7.80. The third-order valence-electron chi connectivity index (χ3n) is 5.60. The van der Waals surface area contributed by atoms with E-state index in [1.165, 1.54) is 0 Å². The molecule has 0 bridgehead atoms. The summed E-state index contributed by atoms with van der Waals surface area (Å²) < 4.78 is 26.9. The normalized spacial score (nSPS) is 15.5.